The van der Waals surface area contributed by atoms with E-state index < -0.39 is 0 Å². The lowest BCUT2D eigenvalue weighted by Crippen LogP contribution is -2.37. The van der Waals surface area contributed by atoms with Gasteiger partial charge in [0.05, 0.1) is 18.5 Å². The summed E-state index contributed by atoms with van der Waals surface area (Å²) in [6.45, 7) is 6.46. The van der Waals surface area contributed by atoms with Gasteiger partial charge in [0.25, 0.3) is 0 Å². The van der Waals surface area contributed by atoms with E-state index in [2.05, 4.69) is 41.3 Å². The Morgan fingerprint density at radius 2 is 1.95 bits per heavy atom. The van der Waals surface area contributed by atoms with Crippen LogP contribution in [0.4, 0.5) is 0 Å². The van der Waals surface area contributed by atoms with Gasteiger partial charge in [-0.1, -0.05) is 17.7 Å². The van der Waals surface area contributed by atoms with Crippen molar-refractivity contribution in [1.82, 2.24) is 24.7 Å². The number of benzene rings is 1. The number of hydrogen-bond donors (Lipinski definition) is 1. The van der Waals surface area contributed by atoms with E-state index in [1.165, 1.54) is 5.56 Å². The molecule has 1 N–H and O–H groups in total. The van der Waals surface area contributed by atoms with Crippen molar-refractivity contribution >= 4 is 12.2 Å². The number of nitrogens with zero attached hydrogens (tertiary/aromatic N) is 5. The molecule has 118 valence electrons. The third kappa shape index (κ3) is 3.11. The van der Waals surface area contributed by atoms with Crippen molar-refractivity contribution in [2.45, 2.75) is 39.5 Å². The first-order valence-electron chi connectivity index (χ1n) is 7.55. The van der Waals surface area contributed by atoms with Gasteiger partial charge < -0.3 is 5.11 Å². The molecular formula is C15H21N5OS. The highest BCUT2D eigenvalue weighted by Crippen LogP contribution is 2.16. The monoisotopic (exact) mass is 319 g/mol. The number of aromatic nitrogens is 4. The molecule has 1 aromatic carbocycles. The Kier molecular flexibility index (Phi) is 4.37. The fourth-order valence-electron chi connectivity index (χ4n) is 2.81. The van der Waals surface area contributed by atoms with Crippen molar-refractivity contribution in [2.24, 2.45) is 0 Å². The predicted octanol–water partition coefficient (Wildman–Crippen LogP) is 1.83. The quantitative estimate of drug-likeness (QED) is 0.875. The highest BCUT2D eigenvalue weighted by atomic mass is 32.1. The van der Waals surface area contributed by atoms with Crippen molar-refractivity contribution < 1.29 is 5.11 Å². The minimum Gasteiger partial charge on any atom is -0.393 e. The molecule has 0 saturated carbocycles. The van der Waals surface area contributed by atoms with Crippen molar-refractivity contribution in [3.8, 4) is 5.69 Å². The van der Waals surface area contributed by atoms with Gasteiger partial charge >= 0.3 is 0 Å². The molecule has 0 aliphatic carbocycles. The SMILES string of the molecule is Cc1ccc(-n2nnn(CN3CCC(O)CC3)c2=S)c(C)c1. The molecule has 2 aromatic rings. The van der Waals surface area contributed by atoms with E-state index in [0.717, 1.165) is 37.2 Å². The van der Waals surface area contributed by atoms with Crippen molar-refractivity contribution in [3.05, 3.63) is 34.1 Å². The first kappa shape index (κ1) is 15.3. The molecule has 0 radical (unpaired) electrons. The van der Waals surface area contributed by atoms with E-state index in [4.69, 9.17) is 12.2 Å². The molecule has 7 heteroatoms. The van der Waals surface area contributed by atoms with Crippen LogP contribution in [-0.4, -0.2) is 49.0 Å². The van der Waals surface area contributed by atoms with Crippen LogP contribution in [-0.2, 0) is 6.67 Å². The van der Waals surface area contributed by atoms with Crippen LogP contribution in [0.25, 0.3) is 5.69 Å². The minimum absolute atomic E-state index is 0.171. The van der Waals surface area contributed by atoms with Gasteiger partial charge in [0.15, 0.2) is 0 Å². The summed E-state index contributed by atoms with van der Waals surface area (Å²) in [5.41, 5.74) is 3.31. The summed E-state index contributed by atoms with van der Waals surface area (Å²) < 4.78 is 4.05. The van der Waals surface area contributed by atoms with Gasteiger partial charge in [0, 0.05) is 13.1 Å². The highest BCUT2D eigenvalue weighted by molar-refractivity contribution is 7.71. The molecule has 0 unspecified atom stereocenters. The summed E-state index contributed by atoms with van der Waals surface area (Å²) in [4.78, 5) is 2.24. The maximum atomic E-state index is 9.57. The Hall–Kier alpha value is -1.57. The molecule has 6 nitrogen and oxygen atoms in total. The molecule has 1 saturated heterocycles. The molecular weight excluding hydrogens is 298 g/mol. The van der Waals surface area contributed by atoms with Crippen molar-refractivity contribution in [3.63, 3.8) is 0 Å². The molecule has 0 bridgehead atoms. The largest absolute Gasteiger partial charge is 0.393 e. The summed E-state index contributed by atoms with van der Waals surface area (Å²) in [6, 6.07) is 6.19. The Morgan fingerprint density at radius 1 is 1.23 bits per heavy atom. The first-order chi connectivity index (χ1) is 10.5. The normalized spacial score (nSPS) is 17.0. The number of aryl methyl sites for hydroxylation is 2. The first-order valence-corrected chi connectivity index (χ1v) is 7.96. The Labute approximate surface area is 135 Å². The number of aliphatic hydroxyl groups is 1. The molecule has 1 aliphatic rings. The zero-order valence-electron chi connectivity index (χ0n) is 12.9. The van der Waals surface area contributed by atoms with E-state index in [9.17, 15) is 5.11 Å². The Balaban J connectivity index is 1.81. The van der Waals surface area contributed by atoms with Crippen molar-refractivity contribution in [2.75, 3.05) is 13.1 Å². The van der Waals surface area contributed by atoms with E-state index >= 15 is 0 Å². The third-order valence-corrected chi connectivity index (χ3v) is 4.49. The lowest BCUT2D eigenvalue weighted by Gasteiger charge is -2.28. The summed E-state index contributed by atoms with van der Waals surface area (Å²) in [7, 11) is 0. The maximum absolute atomic E-state index is 9.57. The maximum Gasteiger partial charge on any atom is 0.221 e. The number of hydrogen-bond acceptors (Lipinski definition) is 5. The second-order valence-electron chi connectivity index (χ2n) is 5.95. The summed E-state index contributed by atoms with van der Waals surface area (Å²) in [6.07, 6.45) is 1.44. The zero-order chi connectivity index (χ0) is 15.7. The van der Waals surface area contributed by atoms with Crippen LogP contribution < -0.4 is 0 Å². The van der Waals surface area contributed by atoms with Crippen LogP contribution in [0.3, 0.4) is 0 Å². The average molecular weight is 319 g/mol. The smallest absolute Gasteiger partial charge is 0.221 e. The number of likely N-dealkylation sites (tertiary alicyclic amines) is 1. The lowest BCUT2D eigenvalue weighted by molar-refractivity contribution is 0.0647. The average Bonchev–Trinajstić information content (AvgIpc) is 2.83. The van der Waals surface area contributed by atoms with E-state index in [-0.39, 0.29) is 6.10 Å². The molecule has 1 fully saturated rings. The van der Waals surface area contributed by atoms with E-state index in [1.807, 2.05) is 6.07 Å². The number of aliphatic hydroxyl groups excluding tert-OH is 1. The predicted molar refractivity (Wildman–Crippen MR) is 86.5 cm³/mol. The lowest BCUT2D eigenvalue weighted by atomic mass is 10.1. The van der Waals surface area contributed by atoms with Crippen LogP contribution in [0.2, 0.25) is 0 Å². The molecule has 3 rings (SSSR count). The van der Waals surface area contributed by atoms with Gasteiger partial charge in [-0.3, -0.25) is 4.90 Å². The molecule has 0 amide bonds. The topological polar surface area (TPSA) is 59.1 Å². The summed E-state index contributed by atoms with van der Waals surface area (Å²) in [5.74, 6) is 0. The number of rotatable bonds is 3. The van der Waals surface area contributed by atoms with Crippen LogP contribution in [0.15, 0.2) is 18.2 Å². The second-order valence-corrected chi connectivity index (χ2v) is 6.32. The Bertz CT molecular complexity index is 715. The molecule has 22 heavy (non-hydrogen) atoms. The van der Waals surface area contributed by atoms with Gasteiger partial charge in [0.2, 0.25) is 4.77 Å². The van der Waals surface area contributed by atoms with Crippen LogP contribution in [0, 0.1) is 18.6 Å². The van der Waals surface area contributed by atoms with Gasteiger partial charge in [-0.15, -0.1) is 0 Å². The van der Waals surface area contributed by atoms with Gasteiger partial charge in [-0.25, -0.2) is 4.68 Å². The highest BCUT2D eigenvalue weighted by Gasteiger charge is 2.18. The van der Waals surface area contributed by atoms with Crippen LogP contribution in [0.5, 0.6) is 0 Å². The second kappa shape index (κ2) is 6.28. The van der Waals surface area contributed by atoms with Crippen LogP contribution in [0.1, 0.15) is 24.0 Å². The molecule has 1 aromatic heterocycles. The summed E-state index contributed by atoms with van der Waals surface area (Å²) in [5, 5.41) is 18.0. The molecule has 2 heterocycles. The van der Waals surface area contributed by atoms with Gasteiger partial charge in [-0.2, -0.15) is 4.68 Å². The minimum atomic E-state index is -0.171. The van der Waals surface area contributed by atoms with Gasteiger partial charge in [0.1, 0.15) is 0 Å². The zero-order valence-corrected chi connectivity index (χ0v) is 13.8. The molecule has 1 aliphatic heterocycles. The number of piperidine rings is 1. The Morgan fingerprint density at radius 3 is 2.64 bits per heavy atom. The van der Waals surface area contributed by atoms with Crippen molar-refractivity contribution in [1.29, 1.82) is 0 Å². The number of tetrazole rings is 1. The molecule has 0 spiro atoms. The fraction of sp³-hybridized carbons (Fsp3) is 0.533. The fourth-order valence-corrected chi connectivity index (χ4v) is 3.04. The summed E-state index contributed by atoms with van der Waals surface area (Å²) >= 11 is 5.52. The van der Waals surface area contributed by atoms with Gasteiger partial charge in [-0.05, 0) is 61.0 Å². The third-order valence-electron chi connectivity index (χ3n) is 4.11. The standard InChI is InChI=1S/C15H21N5OS/c1-11-3-4-14(12(2)9-11)20-15(22)19(16-17-20)10-18-7-5-13(21)6-8-18/h3-4,9,13,21H,5-8,10H2,1-2H3. The van der Waals surface area contributed by atoms with E-state index in [1.54, 1.807) is 9.36 Å². The van der Waals surface area contributed by atoms with Crippen LogP contribution >= 0.6 is 12.2 Å². The molecule has 0 atom stereocenters. The van der Waals surface area contributed by atoms with E-state index in [0.29, 0.717) is 11.4 Å².